The van der Waals surface area contributed by atoms with E-state index in [2.05, 4.69) is 10.6 Å². The van der Waals surface area contributed by atoms with E-state index in [1.165, 1.54) is 0 Å². The molecule has 0 aromatic heterocycles. The molecule has 5 nitrogen and oxygen atoms in total. The number of nitrogens with zero attached hydrogens (tertiary/aromatic N) is 1. The monoisotopic (exact) mass is 325 g/mol. The summed E-state index contributed by atoms with van der Waals surface area (Å²) in [6, 6.07) is 7.36. The summed E-state index contributed by atoms with van der Waals surface area (Å²) in [4.78, 5) is 25.3. The molecule has 1 fully saturated rings. The Morgan fingerprint density at radius 2 is 1.91 bits per heavy atom. The minimum absolute atomic E-state index is 0. The van der Waals surface area contributed by atoms with Crippen LogP contribution in [-0.4, -0.2) is 43.4 Å². The maximum absolute atomic E-state index is 12.1. The van der Waals surface area contributed by atoms with Crippen LogP contribution in [-0.2, 0) is 16.0 Å². The van der Waals surface area contributed by atoms with Crippen molar-refractivity contribution in [1.82, 2.24) is 10.2 Å². The Bertz CT molecular complexity index is 497. The third-order valence-electron chi connectivity index (χ3n) is 3.70. The molecule has 0 spiro atoms. The van der Waals surface area contributed by atoms with Crippen molar-refractivity contribution in [3.05, 3.63) is 29.8 Å². The molecule has 1 atom stereocenters. The van der Waals surface area contributed by atoms with Gasteiger partial charge in [0.15, 0.2) is 0 Å². The second-order valence-corrected chi connectivity index (χ2v) is 5.65. The minimum atomic E-state index is -0.0891. The number of hydrogen-bond acceptors (Lipinski definition) is 3. The van der Waals surface area contributed by atoms with E-state index >= 15 is 0 Å². The molecule has 0 aliphatic carbocycles. The standard InChI is InChI=1S/C16H23N3O2.ClH/c1-19(2)15(20)11-12-6-8-13(9-7-12)18-16(21)14-5-3-4-10-17-14;/h6-9,14,17H,3-5,10-11H2,1-2H3,(H,18,21);1H/t14-;/m1./s1. The van der Waals surface area contributed by atoms with Gasteiger partial charge in [0.2, 0.25) is 11.8 Å². The van der Waals surface area contributed by atoms with Crippen molar-refractivity contribution in [2.45, 2.75) is 31.7 Å². The van der Waals surface area contributed by atoms with E-state index in [1.807, 2.05) is 24.3 Å². The number of carbonyl (C=O) groups excluding carboxylic acids is 2. The van der Waals surface area contributed by atoms with Gasteiger partial charge in [-0.15, -0.1) is 12.4 Å². The Hall–Kier alpha value is -1.59. The van der Waals surface area contributed by atoms with E-state index in [1.54, 1.807) is 19.0 Å². The predicted octanol–water partition coefficient (Wildman–Crippen LogP) is 1.82. The van der Waals surface area contributed by atoms with E-state index < -0.39 is 0 Å². The maximum atomic E-state index is 12.1. The van der Waals surface area contributed by atoms with Crippen LogP contribution in [0.1, 0.15) is 24.8 Å². The van der Waals surface area contributed by atoms with Gasteiger partial charge in [-0.3, -0.25) is 9.59 Å². The van der Waals surface area contributed by atoms with Crippen molar-refractivity contribution in [3.8, 4) is 0 Å². The molecule has 0 saturated carbocycles. The molecule has 1 aromatic rings. The highest BCUT2D eigenvalue weighted by Gasteiger charge is 2.20. The summed E-state index contributed by atoms with van der Waals surface area (Å²) in [5, 5.41) is 6.14. The molecule has 2 amide bonds. The highest BCUT2D eigenvalue weighted by Crippen LogP contribution is 2.13. The molecule has 0 bridgehead atoms. The summed E-state index contributed by atoms with van der Waals surface area (Å²) in [7, 11) is 3.49. The molecule has 1 aliphatic rings. The zero-order chi connectivity index (χ0) is 15.2. The van der Waals surface area contributed by atoms with Gasteiger partial charge in [-0.05, 0) is 37.1 Å². The summed E-state index contributed by atoms with van der Waals surface area (Å²) in [5.41, 5.74) is 1.72. The van der Waals surface area contributed by atoms with E-state index in [0.29, 0.717) is 6.42 Å². The van der Waals surface area contributed by atoms with E-state index in [0.717, 1.165) is 37.1 Å². The maximum Gasteiger partial charge on any atom is 0.241 e. The SMILES string of the molecule is CN(C)C(=O)Cc1ccc(NC(=O)[C@H]2CCCCN2)cc1.Cl. The Morgan fingerprint density at radius 3 is 2.45 bits per heavy atom. The van der Waals surface area contributed by atoms with Gasteiger partial charge in [0.25, 0.3) is 0 Å². The number of piperidine rings is 1. The first-order chi connectivity index (χ1) is 10.1. The normalized spacial score (nSPS) is 17.3. The van der Waals surface area contributed by atoms with Gasteiger partial charge in [-0.1, -0.05) is 18.6 Å². The van der Waals surface area contributed by atoms with Crippen molar-refractivity contribution < 1.29 is 9.59 Å². The van der Waals surface area contributed by atoms with Crippen molar-refractivity contribution in [3.63, 3.8) is 0 Å². The quantitative estimate of drug-likeness (QED) is 0.887. The molecular weight excluding hydrogens is 302 g/mol. The number of hydrogen-bond donors (Lipinski definition) is 2. The number of likely N-dealkylation sites (N-methyl/N-ethyl adjacent to an activating group) is 1. The van der Waals surface area contributed by atoms with Crippen molar-refractivity contribution in [1.29, 1.82) is 0 Å². The Morgan fingerprint density at radius 1 is 1.23 bits per heavy atom. The van der Waals surface area contributed by atoms with Crippen LogP contribution in [0.25, 0.3) is 0 Å². The topological polar surface area (TPSA) is 61.4 Å². The second kappa shape index (κ2) is 8.76. The molecule has 2 N–H and O–H groups in total. The fourth-order valence-electron chi connectivity index (χ4n) is 2.34. The van der Waals surface area contributed by atoms with Crippen LogP contribution >= 0.6 is 12.4 Å². The zero-order valence-corrected chi connectivity index (χ0v) is 13.9. The van der Waals surface area contributed by atoms with Crippen LogP contribution in [0, 0.1) is 0 Å². The van der Waals surface area contributed by atoms with Crippen LogP contribution < -0.4 is 10.6 Å². The first-order valence-electron chi connectivity index (χ1n) is 7.39. The van der Waals surface area contributed by atoms with E-state index in [4.69, 9.17) is 0 Å². The number of carbonyl (C=O) groups is 2. The Labute approximate surface area is 137 Å². The molecule has 0 unspecified atom stereocenters. The summed E-state index contributed by atoms with van der Waals surface area (Å²) in [5.74, 6) is 0.0880. The van der Waals surface area contributed by atoms with Gasteiger partial charge in [0.1, 0.15) is 0 Å². The van der Waals surface area contributed by atoms with Crippen LogP contribution in [0.4, 0.5) is 5.69 Å². The lowest BCUT2D eigenvalue weighted by Gasteiger charge is -2.22. The molecule has 22 heavy (non-hydrogen) atoms. The molecule has 6 heteroatoms. The van der Waals surface area contributed by atoms with Gasteiger partial charge in [-0.2, -0.15) is 0 Å². The molecule has 1 aliphatic heterocycles. The van der Waals surface area contributed by atoms with Crippen LogP contribution in [0.5, 0.6) is 0 Å². The molecule has 1 saturated heterocycles. The first kappa shape index (κ1) is 18.5. The minimum Gasteiger partial charge on any atom is -0.349 e. The Balaban J connectivity index is 0.00000242. The van der Waals surface area contributed by atoms with Crippen LogP contribution in [0.15, 0.2) is 24.3 Å². The lowest BCUT2D eigenvalue weighted by Crippen LogP contribution is -2.43. The van der Waals surface area contributed by atoms with Gasteiger partial charge in [-0.25, -0.2) is 0 Å². The largest absolute Gasteiger partial charge is 0.349 e. The fraction of sp³-hybridized carbons (Fsp3) is 0.500. The van der Waals surface area contributed by atoms with E-state index in [9.17, 15) is 9.59 Å². The lowest BCUT2D eigenvalue weighted by atomic mass is 10.0. The predicted molar refractivity (Wildman–Crippen MR) is 90.4 cm³/mol. The van der Waals surface area contributed by atoms with Gasteiger partial charge in [0.05, 0.1) is 12.5 Å². The zero-order valence-electron chi connectivity index (χ0n) is 13.1. The number of halogens is 1. The smallest absolute Gasteiger partial charge is 0.241 e. The number of nitrogens with one attached hydrogen (secondary N) is 2. The highest BCUT2D eigenvalue weighted by atomic mass is 35.5. The fourth-order valence-corrected chi connectivity index (χ4v) is 2.34. The lowest BCUT2D eigenvalue weighted by molar-refractivity contribution is -0.128. The number of anilines is 1. The molecular formula is C16H24ClN3O2. The molecule has 0 radical (unpaired) electrons. The number of rotatable bonds is 4. The van der Waals surface area contributed by atoms with Gasteiger partial charge < -0.3 is 15.5 Å². The average Bonchev–Trinajstić information content (AvgIpc) is 2.50. The average molecular weight is 326 g/mol. The van der Waals surface area contributed by atoms with Crippen LogP contribution in [0.3, 0.4) is 0 Å². The highest BCUT2D eigenvalue weighted by molar-refractivity contribution is 5.94. The summed E-state index contributed by atoms with van der Waals surface area (Å²) < 4.78 is 0. The van der Waals surface area contributed by atoms with Gasteiger partial charge in [0, 0.05) is 19.8 Å². The summed E-state index contributed by atoms with van der Waals surface area (Å²) >= 11 is 0. The second-order valence-electron chi connectivity index (χ2n) is 5.65. The Kier molecular flexibility index (Phi) is 7.35. The third kappa shape index (κ3) is 5.31. The van der Waals surface area contributed by atoms with Crippen molar-refractivity contribution in [2.75, 3.05) is 26.0 Å². The van der Waals surface area contributed by atoms with Crippen molar-refractivity contribution >= 4 is 29.9 Å². The molecule has 1 heterocycles. The molecule has 2 rings (SSSR count). The number of benzene rings is 1. The van der Waals surface area contributed by atoms with Crippen LogP contribution in [0.2, 0.25) is 0 Å². The van der Waals surface area contributed by atoms with Gasteiger partial charge >= 0.3 is 0 Å². The summed E-state index contributed by atoms with van der Waals surface area (Å²) in [6.07, 6.45) is 3.50. The molecule has 122 valence electrons. The van der Waals surface area contributed by atoms with E-state index in [-0.39, 0.29) is 30.3 Å². The third-order valence-corrected chi connectivity index (χ3v) is 3.70. The number of amides is 2. The van der Waals surface area contributed by atoms with Crippen molar-refractivity contribution in [2.24, 2.45) is 0 Å². The summed E-state index contributed by atoms with van der Waals surface area (Å²) in [6.45, 7) is 0.906. The molecule has 1 aromatic carbocycles. The first-order valence-corrected chi connectivity index (χ1v) is 7.39.